The number of unbranched alkanes of at least 4 members (excludes halogenated alkanes) is 38. The van der Waals surface area contributed by atoms with Crippen molar-refractivity contribution in [2.75, 3.05) is 6.61 Å². The Hall–Kier alpha value is -1.14. The first-order valence-corrected chi connectivity index (χ1v) is 27.3. The minimum Gasteiger partial charge on any atom is -0.462 e. The van der Waals surface area contributed by atoms with Gasteiger partial charge in [-0.05, 0) is 25.7 Å². The molecule has 1 amide bonds. The lowest BCUT2D eigenvalue weighted by molar-refractivity contribution is -0.151. The van der Waals surface area contributed by atoms with Gasteiger partial charge in [-0.1, -0.05) is 271 Å². The highest BCUT2D eigenvalue weighted by Crippen LogP contribution is 2.19. The predicted molar refractivity (Wildman–Crippen MR) is 260 cm³/mol. The number of aliphatic hydroxyl groups is 2. The fourth-order valence-electron chi connectivity index (χ4n) is 8.79. The Balaban J connectivity index is 4.47. The maximum Gasteiger partial charge on any atom is 0.306 e. The number of hydrogen-bond donors (Lipinski definition) is 3. The molecule has 0 aromatic carbocycles. The quantitative estimate of drug-likeness (QED) is 0.0419. The fraction of sp³-hybridized carbons (Fsp3) is 0.963. The molecule has 0 heterocycles. The Bertz CT molecular complexity index is 867. The zero-order valence-electron chi connectivity index (χ0n) is 40.9. The molecule has 0 spiro atoms. The van der Waals surface area contributed by atoms with Gasteiger partial charge in [0.25, 0.3) is 0 Å². The lowest BCUT2D eigenvalue weighted by atomic mass is 10.0. The van der Waals surface area contributed by atoms with Crippen LogP contribution in [-0.4, -0.2) is 46.9 Å². The van der Waals surface area contributed by atoms with Gasteiger partial charge < -0.3 is 20.3 Å². The normalized spacial score (nSPS) is 13.1. The van der Waals surface area contributed by atoms with Crippen LogP contribution in [0.3, 0.4) is 0 Å². The zero-order chi connectivity index (χ0) is 43.8. The number of nitrogens with one attached hydrogen (secondary N) is 1. The van der Waals surface area contributed by atoms with Crippen LogP contribution in [0.5, 0.6) is 0 Å². The number of rotatable bonds is 50. The van der Waals surface area contributed by atoms with Crippen molar-refractivity contribution in [1.29, 1.82) is 0 Å². The average Bonchev–Trinajstić information content (AvgIpc) is 3.24. The summed E-state index contributed by atoms with van der Waals surface area (Å²) in [5.74, 6) is -0.448. The molecule has 0 aliphatic carbocycles. The summed E-state index contributed by atoms with van der Waals surface area (Å²) in [7, 11) is 0. The number of aliphatic hydroxyl groups excluding tert-OH is 2. The van der Waals surface area contributed by atoms with Crippen LogP contribution in [0.4, 0.5) is 0 Å². The molecule has 6 heteroatoms. The summed E-state index contributed by atoms with van der Waals surface area (Å²) in [6, 6.07) is -0.692. The van der Waals surface area contributed by atoms with Crippen LogP contribution in [-0.2, 0) is 14.3 Å². The van der Waals surface area contributed by atoms with E-state index in [2.05, 4.69) is 26.1 Å². The molecule has 0 fully saturated rings. The van der Waals surface area contributed by atoms with Crippen molar-refractivity contribution in [3.05, 3.63) is 0 Å². The van der Waals surface area contributed by atoms with Crippen LogP contribution in [0.25, 0.3) is 0 Å². The third-order valence-corrected chi connectivity index (χ3v) is 12.9. The summed E-state index contributed by atoms with van der Waals surface area (Å²) in [5, 5.41) is 23.8. The summed E-state index contributed by atoms with van der Waals surface area (Å²) < 4.78 is 5.95. The monoisotopic (exact) mass is 850 g/mol. The van der Waals surface area contributed by atoms with Gasteiger partial charge in [0.1, 0.15) is 6.10 Å². The topological polar surface area (TPSA) is 95.9 Å². The molecule has 0 saturated carbocycles. The Morgan fingerprint density at radius 2 is 0.700 bits per heavy atom. The van der Waals surface area contributed by atoms with Gasteiger partial charge in [0.2, 0.25) is 5.91 Å². The molecular weight excluding hydrogens is 743 g/mol. The SMILES string of the molecule is CCCCCCCCCCCCCCCCCCC(=O)OC(CCCCCCCCCCCCCC)CC(=O)NC(CO)C(O)CCCCCCCCCCCCCCC. The number of esters is 1. The van der Waals surface area contributed by atoms with Crippen molar-refractivity contribution in [2.24, 2.45) is 0 Å². The standard InChI is InChI=1S/C54H107NO5/c1-4-7-10-13-16-19-22-25-26-27-29-32-35-38-41-44-47-54(59)60-50(45-42-39-36-33-30-24-21-18-15-12-9-6-3)48-53(58)55-51(49-56)52(57)46-43-40-37-34-31-28-23-20-17-14-11-8-5-2/h50-52,56-57H,4-49H2,1-3H3,(H,55,58). The van der Waals surface area contributed by atoms with Crippen LogP contribution >= 0.6 is 0 Å². The van der Waals surface area contributed by atoms with E-state index >= 15 is 0 Å². The van der Waals surface area contributed by atoms with E-state index in [4.69, 9.17) is 4.74 Å². The first kappa shape index (κ1) is 58.9. The van der Waals surface area contributed by atoms with E-state index in [1.807, 2.05) is 0 Å². The molecule has 0 radical (unpaired) electrons. The second kappa shape index (κ2) is 48.9. The molecule has 3 atom stereocenters. The van der Waals surface area contributed by atoms with E-state index in [1.54, 1.807) is 0 Å². The predicted octanol–water partition coefficient (Wildman–Crippen LogP) is 16.4. The van der Waals surface area contributed by atoms with Gasteiger partial charge in [-0.3, -0.25) is 9.59 Å². The van der Waals surface area contributed by atoms with Crippen molar-refractivity contribution in [3.8, 4) is 0 Å². The Morgan fingerprint density at radius 3 is 1.02 bits per heavy atom. The molecule has 0 aromatic rings. The van der Waals surface area contributed by atoms with Crippen molar-refractivity contribution in [3.63, 3.8) is 0 Å². The van der Waals surface area contributed by atoms with E-state index < -0.39 is 18.2 Å². The summed E-state index contributed by atoms with van der Waals surface area (Å²) in [6.45, 7) is 6.52. The number of carbonyl (C=O) groups excluding carboxylic acids is 2. The molecule has 60 heavy (non-hydrogen) atoms. The van der Waals surface area contributed by atoms with E-state index in [1.165, 1.54) is 225 Å². The second-order valence-corrected chi connectivity index (χ2v) is 19.0. The first-order valence-electron chi connectivity index (χ1n) is 27.3. The zero-order valence-corrected chi connectivity index (χ0v) is 40.9. The van der Waals surface area contributed by atoms with E-state index in [9.17, 15) is 19.8 Å². The molecule has 358 valence electrons. The van der Waals surface area contributed by atoms with Crippen LogP contribution in [0, 0.1) is 0 Å². The smallest absolute Gasteiger partial charge is 0.306 e. The molecule has 0 saturated heterocycles. The molecule has 6 nitrogen and oxygen atoms in total. The van der Waals surface area contributed by atoms with Crippen LogP contribution < -0.4 is 5.32 Å². The minimum atomic E-state index is -0.779. The van der Waals surface area contributed by atoms with Gasteiger partial charge in [-0.15, -0.1) is 0 Å². The molecule has 3 N–H and O–H groups in total. The van der Waals surface area contributed by atoms with Gasteiger partial charge >= 0.3 is 5.97 Å². The highest BCUT2D eigenvalue weighted by atomic mass is 16.5. The van der Waals surface area contributed by atoms with Crippen molar-refractivity contribution in [2.45, 2.75) is 328 Å². The Morgan fingerprint density at radius 1 is 0.417 bits per heavy atom. The number of ether oxygens (including phenoxy) is 1. The lowest BCUT2D eigenvalue weighted by Crippen LogP contribution is -2.46. The second-order valence-electron chi connectivity index (χ2n) is 19.0. The fourth-order valence-corrected chi connectivity index (χ4v) is 8.79. The van der Waals surface area contributed by atoms with E-state index in [0.717, 1.165) is 38.5 Å². The molecule has 0 aliphatic rings. The van der Waals surface area contributed by atoms with Crippen molar-refractivity contribution >= 4 is 11.9 Å². The van der Waals surface area contributed by atoms with Crippen LogP contribution in [0.15, 0.2) is 0 Å². The molecule has 0 rings (SSSR count). The third-order valence-electron chi connectivity index (χ3n) is 12.9. The molecule has 0 bridgehead atoms. The number of carbonyl (C=O) groups is 2. The summed E-state index contributed by atoms with van der Waals surface area (Å²) in [6.07, 6.45) is 53.0. The maximum atomic E-state index is 13.2. The van der Waals surface area contributed by atoms with Crippen LogP contribution in [0.2, 0.25) is 0 Å². The molecule has 0 aromatic heterocycles. The number of hydrogen-bond acceptors (Lipinski definition) is 5. The van der Waals surface area contributed by atoms with E-state index in [-0.39, 0.29) is 24.9 Å². The minimum absolute atomic E-state index is 0.0880. The maximum absolute atomic E-state index is 13.2. The van der Waals surface area contributed by atoms with Gasteiger partial charge in [0.05, 0.1) is 25.2 Å². The summed E-state index contributed by atoms with van der Waals surface area (Å²) in [4.78, 5) is 26.2. The van der Waals surface area contributed by atoms with Gasteiger partial charge in [0, 0.05) is 6.42 Å². The highest BCUT2D eigenvalue weighted by molar-refractivity contribution is 5.77. The van der Waals surface area contributed by atoms with Crippen molar-refractivity contribution in [1.82, 2.24) is 5.32 Å². The summed E-state index contributed by atoms with van der Waals surface area (Å²) in [5.41, 5.74) is 0. The van der Waals surface area contributed by atoms with Gasteiger partial charge in [0.15, 0.2) is 0 Å². The van der Waals surface area contributed by atoms with E-state index in [0.29, 0.717) is 19.3 Å². The summed E-state index contributed by atoms with van der Waals surface area (Å²) >= 11 is 0. The molecule has 3 unspecified atom stereocenters. The lowest BCUT2D eigenvalue weighted by Gasteiger charge is -2.24. The Labute approximate surface area is 375 Å². The highest BCUT2D eigenvalue weighted by Gasteiger charge is 2.24. The van der Waals surface area contributed by atoms with Gasteiger partial charge in [-0.2, -0.15) is 0 Å². The Kier molecular flexibility index (Phi) is 48.0. The van der Waals surface area contributed by atoms with Crippen LogP contribution in [0.1, 0.15) is 310 Å². The van der Waals surface area contributed by atoms with Crippen molar-refractivity contribution < 1.29 is 24.5 Å². The largest absolute Gasteiger partial charge is 0.462 e. The molecular formula is C54H107NO5. The number of amides is 1. The molecule has 0 aliphatic heterocycles. The first-order chi connectivity index (χ1) is 29.5. The average molecular weight is 850 g/mol. The van der Waals surface area contributed by atoms with Gasteiger partial charge in [-0.25, -0.2) is 0 Å². The third kappa shape index (κ3) is 43.5.